The van der Waals surface area contributed by atoms with Gasteiger partial charge in [-0.2, -0.15) is 0 Å². The van der Waals surface area contributed by atoms with E-state index in [4.69, 9.17) is 16.2 Å². The molecule has 2 rings (SSSR count). The molecule has 0 aliphatic heterocycles. The Balaban J connectivity index is 1.89. The van der Waals surface area contributed by atoms with Crippen LogP contribution in [0.4, 0.5) is 0 Å². The van der Waals surface area contributed by atoms with Crippen molar-refractivity contribution in [1.29, 1.82) is 0 Å². The summed E-state index contributed by atoms with van der Waals surface area (Å²) < 4.78 is 4.71. The van der Waals surface area contributed by atoms with Gasteiger partial charge >= 0.3 is 11.9 Å². The lowest BCUT2D eigenvalue weighted by atomic mass is 10.1. The first kappa shape index (κ1) is 19.2. The molecule has 138 valence electrons. The molecule has 0 bridgehead atoms. The van der Waals surface area contributed by atoms with Gasteiger partial charge in [-0.05, 0) is 48.2 Å². The van der Waals surface area contributed by atoms with Crippen molar-refractivity contribution in [2.24, 2.45) is 11.5 Å². The number of phenols is 3. The Morgan fingerprint density at radius 2 is 1.31 bits per heavy atom. The zero-order chi connectivity index (χ0) is 19.3. The van der Waals surface area contributed by atoms with Crippen LogP contribution in [0.2, 0.25) is 0 Å². The number of carbonyl (C=O) groups is 2. The molecule has 8 heteroatoms. The number of hydrogen-bond donors (Lipinski definition) is 5. The van der Waals surface area contributed by atoms with E-state index in [-0.39, 0.29) is 30.1 Å². The lowest BCUT2D eigenvalue weighted by molar-refractivity contribution is -0.161. The first-order valence-corrected chi connectivity index (χ1v) is 7.81. The maximum Gasteiger partial charge on any atom is 0.330 e. The predicted octanol–water partition coefficient (Wildman–Crippen LogP) is 0.313. The summed E-state index contributed by atoms with van der Waals surface area (Å²) in [6.07, 6.45) is 0.140. The SMILES string of the molecule is N[C@@H](Cc1ccc(O)cc1)C(=O)OC(=O)[C@@H](N)Cc1ccc(O)c(O)c1. The van der Waals surface area contributed by atoms with Gasteiger partial charge in [-0.3, -0.25) is 0 Å². The van der Waals surface area contributed by atoms with E-state index in [1.807, 2.05) is 0 Å². The number of rotatable bonds is 6. The molecule has 0 aliphatic rings. The number of benzene rings is 2. The molecule has 0 spiro atoms. The highest BCUT2D eigenvalue weighted by Gasteiger charge is 2.24. The summed E-state index contributed by atoms with van der Waals surface area (Å²) in [5, 5.41) is 27.9. The molecule has 2 aromatic rings. The molecule has 0 aliphatic carbocycles. The molecular weight excluding hydrogens is 340 g/mol. The molecule has 0 saturated heterocycles. The van der Waals surface area contributed by atoms with Gasteiger partial charge in [0.1, 0.15) is 17.8 Å². The highest BCUT2D eigenvalue weighted by atomic mass is 16.6. The molecule has 26 heavy (non-hydrogen) atoms. The topological polar surface area (TPSA) is 156 Å². The molecule has 0 saturated carbocycles. The van der Waals surface area contributed by atoms with Gasteiger partial charge in [-0.15, -0.1) is 0 Å². The Hall–Kier alpha value is -3.10. The quantitative estimate of drug-likeness (QED) is 0.280. The van der Waals surface area contributed by atoms with Gasteiger partial charge in [0.2, 0.25) is 0 Å². The van der Waals surface area contributed by atoms with Crippen LogP contribution in [0.5, 0.6) is 17.2 Å². The van der Waals surface area contributed by atoms with E-state index in [0.29, 0.717) is 11.1 Å². The summed E-state index contributed by atoms with van der Waals surface area (Å²) >= 11 is 0. The van der Waals surface area contributed by atoms with Gasteiger partial charge in [0.05, 0.1) is 0 Å². The third-order valence-corrected chi connectivity index (χ3v) is 3.69. The van der Waals surface area contributed by atoms with Gasteiger partial charge in [-0.1, -0.05) is 18.2 Å². The fourth-order valence-electron chi connectivity index (χ4n) is 2.25. The van der Waals surface area contributed by atoms with Gasteiger partial charge in [-0.25, -0.2) is 9.59 Å². The van der Waals surface area contributed by atoms with E-state index >= 15 is 0 Å². The first-order valence-electron chi connectivity index (χ1n) is 7.81. The lowest BCUT2D eigenvalue weighted by Gasteiger charge is -2.14. The Morgan fingerprint density at radius 1 is 0.808 bits per heavy atom. The van der Waals surface area contributed by atoms with E-state index in [1.54, 1.807) is 12.1 Å². The molecule has 0 unspecified atom stereocenters. The molecule has 0 heterocycles. The Labute approximate surface area is 149 Å². The number of ether oxygens (including phenoxy) is 1. The minimum absolute atomic E-state index is 0.00710. The van der Waals surface area contributed by atoms with Crippen LogP contribution in [0, 0.1) is 0 Å². The normalized spacial score (nSPS) is 13.0. The zero-order valence-electron chi connectivity index (χ0n) is 13.8. The predicted molar refractivity (Wildman–Crippen MR) is 92.3 cm³/mol. The van der Waals surface area contributed by atoms with Gasteiger partial charge < -0.3 is 31.5 Å². The molecule has 2 aromatic carbocycles. The van der Waals surface area contributed by atoms with Crippen LogP contribution in [0.1, 0.15) is 11.1 Å². The fraction of sp³-hybridized carbons (Fsp3) is 0.222. The van der Waals surface area contributed by atoms with Crippen LogP contribution in [0.15, 0.2) is 42.5 Å². The molecule has 0 amide bonds. The Kier molecular flexibility index (Phi) is 6.16. The molecule has 0 aromatic heterocycles. The lowest BCUT2D eigenvalue weighted by Crippen LogP contribution is -2.41. The van der Waals surface area contributed by atoms with E-state index in [0.717, 1.165) is 0 Å². The zero-order valence-corrected chi connectivity index (χ0v) is 13.8. The average molecular weight is 360 g/mol. The third-order valence-electron chi connectivity index (χ3n) is 3.69. The van der Waals surface area contributed by atoms with Gasteiger partial charge in [0.25, 0.3) is 0 Å². The molecular formula is C18H20N2O6. The second-order valence-corrected chi connectivity index (χ2v) is 5.85. The minimum Gasteiger partial charge on any atom is -0.508 e. The van der Waals surface area contributed by atoms with Crippen molar-refractivity contribution in [3.63, 3.8) is 0 Å². The summed E-state index contributed by atoms with van der Waals surface area (Å²) in [4.78, 5) is 23.9. The van der Waals surface area contributed by atoms with E-state index in [9.17, 15) is 24.9 Å². The maximum absolute atomic E-state index is 11.9. The maximum atomic E-state index is 11.9. The van der Waals surface area contributed by atoms with Crippen molar-refractivity contribution in [2.45, 2.75) is 24.9 Å². The van der Waals surface area contributed by atoms with Crippen LogP contribution in [0.3, 0.4) is 0 Å². The van der Waals surface area contributed by atoms with Crippen molar-refractivity contribution in [2.75, 3.05) is 0 Å². The van der Waals surface area contributed by atoms with Crippen molar-refractivity contribution < 1.29 is 29.6 Å². The van der Waals surface area contributed by atoms with E-state index in [2.05, 4.69) is 0 Å². The second kappa shape index (κ2) is 8.32. The van der Waals surface area contributed by atoms with Crippen molar-refractivity contribution in [3.8, 4) is 17.2 Å². The Morgan fingerprint density at radius 3 is 1.85 bits per heavy atom. The average Bonchev–Trinajstić information content (AvgIpc) is 2.60. The molecule has 7 N–H and O–H groups in total. The van der Waals surface area contributed by atoms with Crippen molar-refractivity contribution in [3.05, 3.63) is 53.6 Å². The number of hydrogen-bond acceptors (Lipinski definition) is 8. The smallest absolute Gasteiger partial charge is 0.330 e. The first-order chi connectivity index (χ1) is 12.3. The number of aromatic hydroxyl groups is 3. The molecule has 0 fully saturated rings. The highest BCUT2D eigenvalue weighted by molar-refractivity contribution is 5.91. The van der Waals surface area contributed by atoms with Crippen LogP contribution in [-0.2, 0) is 27.2 Å². The minimum atomic E-state index is -1.14. The van der Waals surface area contributed by atoms with Gasteiger partial charge in [0, 0.05) is 0 Å². The van der Waals surface area contributed by atoms with Crippen LogP contribution >= 0.6 is 0 Å². The van der Waals surface area contributed by atoms with Crippen molar-refractivity contribution >= 4 is 11.9 Å². The summed E-state index contributed by atoms with van der Waals surface area (Å²) in [7, 11) is 0. The number of nitrogens with two attached hydrogens (primary N) is 2. The monoisotopic (exact) mass is 360 g/mol. The number of phenolic OH excluding ortho intramolecular Hbond substituents is 3. The molecule has 0 radical (unpaired) electrons. The third kappa shape index (κ3) is 5.20. The number of esters is 2. The second-order valence-electron chi connectivity index (χ2n) is 5.85. The van der Waals surface area contributed by atoms with Crippen LogP contribution < -0.4 is 11.5 Å². The van der Waals surface area contributed by atoms with E-state index < -0.39 is 24.0 Å². The molecule has 2 atom stereocenters. The number of carbonyl (C=O) groups excluding carboxylic acids is 2. The largest absolute Gasteiger partial charge is 0.508 e. The summed E-state index contributed by atoms with van der Waals surface area (Å²) in [6, 6.07) is 7.95. The van der Waals surface area contributed by atoms with Crippen molar-refractivity contribution in [1.82, 2.24) is 0 Å². The fourth-order valence-corrected chi connectivity index (χ4v) is 2.25. The summed E-state index contributed by atoms with van der Waals surface area (Å²) in [6.45, 7) is 0. The van der Waals surface area contributed by atoms with E-state index in [1.165, 1.54) is 30.3 Å². The highest BCUT2D eigenvalue weighted by Crippen LogP contribution is 2.25. The Bertz CT molecular complexity index is 791. The standard InChI is InChI=1S/C18H20N2O6/c19-13(7-10-1-4-12(21)5-2-10)17(24)26-18(25)14(20)8-11-3-6-15(22)16(23)9-11/h1-6,9,13-14,21-23H,7-8,19-20H2/t13-,14-/m0/s1. The summed E-state index contributed by atoms with van der Waals surface area (Å²) in [5.74, 6) is -2.39. The molecule has 8 nitrogen and oxygen atoms in total. The van der Waals surface area contributed by atoms with Gasteiger partial charge in [0.15, 0.2) is 11.5 Å². The van der Waals surface area contributed by atoms with Crippen LogP contribution in [0.25, 0.3) is 0 Å². The van der Waals surface area contributed by atoms with Crippen LogP contribution in [-0.4, -0.2) is 39.3 Å². The summed E-state index contributed by atoms with van der Waals surface area (Å²) in [5.41, 5.74) is 12.6.